The average Bonchev–Trinajstić information content (AvgIpc) is 2.74. The van der Waals surface area contributed by atoms with Crippen molar-refractivity contribution in [2.45, 2.75) is 24.9 Å². The van der Waals surface area contributed by atoms with Crippen LogP contribution < -0.4 is 10.2 Å². The van der Waals surface area contributed by atoms with Gasteiger partial charge in [0, 0.05) is 36.5 Å². The summed E-state index contributed by atoms with van der Waals surface area (Å²) in [7, 11) is 0. The Morgan fingerprint density at radius 3 is 2.36 bits per heavy atom. The molecule has 1 unspecified atom stereocenters. The molecule has 4 rings (SSSR count). The third-order valence-electron chi connectivity index (χ3n) is 5.01. The summed E-state index contributed by atoms with van der Waals surface area (Å²) in [5.74, 6) is 0.170. The molecule has 0 spiro atoms. The highest BCUT2D eigenvalue weighted by Crippen LogP contribution is 2.26. The SMILES string of the molecule is Fc1cnc(N2CCC(NC(c3ccc(Cl)cc3)c3cccnc3)CC2)nc1. The molecule has 1 aliphatic rings. The van der Waals surface area contributed by atoms with E-state index in [4.69, 9.17) is 11.6 Å². The van der Waals surface area contributed by atoms with Crippen molar-refractivity contribution in [1.82, 2.24) is 20.3 Å². The van der Waals surface area contributed by atoms with Crippen molar-refractivity contribution in [2.75, 3.05) is 18.0 Å². The Morgan fingerprint density at radius 2 is 1.71 bits per heavy atom. The number of aromatic nitrogens is 3. The molecule has 0 radical (unpaired) electrons. The molecule has 144 valence electrons. The second-order valence-corrected chi connectivity index (χ2v) is 7.34. The highest BCUT2D eigenvalue weighted by molar-refractivity contribution is 6.30. The summed E-state index contributed by atoms with van der Waals surface area (Å²) in [5, 5.41) is 4.50. The normalized spacial score (nSPS) is 16.1. The lowest BCUT2D eigenvalue weighted by Gasteiger charge is -2.34. The number of halogens is 2. The first-order valence-corrected chi connectivity index (χ1v) is 9.71. The monoisotopic (exact) mass is 397 g/mol. The van der Waals surface area contributed by atoms with Gasteiger partial charge in [0.25, 0.3) is 0 Å². The Kier molecular flexibility index (Phi) is 5.78. The lowest BCUT2D eigenvalue weighted by Crippen LogP contribution is -2.44. The lowest BCUT2D eigenvalue weighted by atomic mass is 9.96. The first-order valence-electron chi connectivity index (χ1n) is 9.33. The fraction of sp³-hybridized carbons (Fsp3) is 0.286. The van der Waals surface area contributed by atoms with Crippen molar-refractivity contribution in [3.8, 4) is 0 Å². The molecule has 0 bridgehead atoms. The summed E-state index contributed by atoms with van der Waals surface area (Å²) >= 11 is 6.06. The molecular weight excluding hydrogens is 377 g/mol. The van der Waals surface area contributed by atoms with Gasteiger partial charge >= 0.3 is 0 Å². The van der Waals surface area contributed by atoms with E-state index in [-0.39, 0.29) is 6.04 Å². The zero-order valence-electron chi connectivity index (χ0n) is 15.3. The zero-order valence-corrected chi connectivity index (χ0v) is 16.1. The van der Waals surface area contributed by atoms with Crippen molar-refractivity contribution in [3.63, 3.8) is 0 Å². The Balaban J connectivity index is 1.46. The first kappa shape index (κ1) is 18.8. The van der Waals surface area contributed by atoms with Gasteiger partial charge in [-0.25, -0.2) is 14.4 Å². The molecule has 28 heavy (non-hydrogen) atoms. The second kappa shape index (κ2) is 8.63. The zero-order chi connectivity index (χ0) is 19.3. The van der Waals surface area contributed by atoms with E-state index in [1.54, 1.807) is 6.20 Å². The molecule has 0 aliphatic carbocycles. The number of rotatable bonds is 5. The molecule has 0 saturated carbocycles. The highest BCUT2D eigenvalue weighted by Gasteiger charge is 2.24. The molecule has 3 aromatic rings. The van der Waals surface area contributed by atoms with Gasteiger partial charge in [0.1, 0.15) is 0 Å². The van der Waals surface area contributed by atoms with Crippen LogP contribution >= 0.6 is 11.6 Å². The minimum Gasteiger partial charge on any atom is -0.341 e. The Labute approximate surface area is 168 Å². The maximum absolute atomic E-state index is 13.0. The molecule has 1 aliphatic heterocycles. The van der Waals surface area contributed by atoms with Crippen molar-refractivity contribution in [3.05, 3.63) is 83.2 Å². The van der Waals surface area contributed by atoms with E-state index < -0.39 is 5.82 Å². The summed E-state index contributed by atoms with van der Waals surface area (Å²) in [5.41, 5.74) is 2.27. The van der Waals surface area contributed by atoms with Crippen LogP contribution in [0.5, 0.6) is 0 Å². The van der Waals surface area contributed by atoms with E-state index in [0.717, 1.165) is 42.1 Å². The van der Waals surface area contributed by atoms with Gasteiger partial charge in [-0.1, -0.05) is 29.8 Å². The maximum atomic E-state index is 13.0. The van der Waals surface area contributed by atoms with Gasteiger partial charge in [-0.15, -0.1) is 0 Å². The molecule has 0 amide bonds. The van der Waals surface area contributed by atoms with E-state index >= 15 is 0 Å². The third kappa shape index (κ3) is 4.46. The summed E-state index contributed by atoms with van der Waals surface area (Å²) < 4.78 is 13.0. The Bertz CT molecular complexity index is 881. The van der Waals surface area contributed by atoms with Gasteiger partial charge < -0.3 is 10.2 Å². The fourth-order valence-electron chi connectivity index (χ4n) is 3.54. The molecule has 1 fully saturated rings. The number of anilines is 1. The topological polar surface area (TPSA) is 53.9 Å². The number of benzene rings is 1. The number of pyridine rings is 1. The third-order valence-corrected chi connectivity index (χ3v) is 5.26. The average molecular weight is 398 g/mol. The standard InChI is InChI=1S/C21H21ClFN5/c22-17-5-3-15(4-6-17)20(16-2-1-9-24-12-16)27-19-7-10-28(11-8-19)21-25-13-18(23)14-26-21/h1-6,9,12-14,19-20,27H,7-8,10-11H2. The van der Waals surface area contributed by atoms with Gasteiger partial charge in [0.05, 0.1) is 18.4 Å². The molecule has 3 heterocycles. The van der Waals surface area contributed by atoms with E-state index in [1.165, 1.54) is 12.4 Å². The lowest BCUT2D eigenvalue weighted by molar-refractivity contribution is 0.388. The number of piperidine rings is 1. The van der Waals surface area contributed by atoms with Crippen LogP contribution in [-0.2, 0) is 0 Å². The molecule has 1 saturated heterocycles. The van der Waals surface area contributed by atoms with Gasteiger partial charge in [-0.05, 0) is 42.2 Å². The minimum absolute atomic E-state index is 0.0459. The van der Waals surface area contributed by atoms with Crippen LogP contribution in [-0.4, -0.2) is 34.1 Å². The summed E-state index contributed by atoms with van der Waals surface area (Å²) in [6, 6.07) is 12.4. The quantitative estimate of drug-likeness (QED) is 0.704. The molecule has 5 nitrogen and oxygen atoms in total. The van der Waals surface area contributed by atoms with E-state index in [9.17, 15) is 4.39 Å². The van der Waals surface area contributed by atoms with E-state index in [1.807, 2.05) is 24.4 Å². The van der Waals surface area contributed by atoms with Crippen molar-refractivity contribution >= 4 is 17.5 Å². The Morgan fingerprint density at radius 1 is 1.00 bits per heavy atom. The smallest absolute Gasteiger partial charge is 0.225 e. The molecule has 7 heteroatoms. The Hall–Kier alpha value is -2.57. The van der Waals surface area contributed by atoms with E-state index in [0.29, 0.717) is 12.0 Å². The van der Waals surface area contributed by atoms with Crippen LogP contribution in [0.4, 0.5) is 10.3 Å². The molecule has 1 aromatic carbocycles. The maximum Gasteiger partial charge on any atom is 0.225 e. The largest absolute Gasteiger partial charge is 0.341 e. The first-order chi connectivity index (χ1) is 13.7. The van der Waals surface area contributed by atoms with Crippen LogP contribution in [0.15, 0.2) is 61.2 Å². The van der Waals surface area contributed by atoms with E-state index in [2.05, 4.69) is 43.4 Å². The summed E-state index contributed by atoms with van der Waals surface area (Å²) in [6.45, 7) is 1.65. The summed E-state index contributed by atoms with van der Waals surface area (Å²) in [4.78, 5) is 14.6. The number of hydrogen-bond donors (Lipinski definition) is 1. The van der Waals surface area contributed by atoms with Gasteiger partial charge in [0.15, 0.2) is 5.82 Å². The van der Waals surface area contributed by atoms with Crippen LogP contribution in [0.2, 0.25) is 5.02 Å². The van der Waals surface area contributed by atoms with Crippen molar-refractivity contribution < 1.29 is 4.39 Å². The van der Waals surface area contributed by atoms with Crippen LogP contribution in [0.1, 0.15) is 30.0 Å². The van der Waals surface area contributed by atoms with Crippen molar-refractivity contribution in [1.29, 1.82) is 0 Å². The molecule has 2 aromatic heterocycles. The summed E-state index contributed by atoms with van der Waals surface area (Å²) in [6.07, 6.45) is 8.00. The number of hydrogen-bond acceptors (Lipinski definition) is 5. The van der Waals surface area contributed by atoms with Crippen LogP contribution in [0, 0.1) is 5.82 Å². The molecule has 1 atom stereocenters. The molecular formula is C21H21ClFN5. The van der Waals surface area contributed by atoms with Gasteiger partial charge in [0.2, 0.25) is 5.95 Å². The van der Waals surface area contributed by atoms with Crippen molar-refractivity contribution in [2.24, 2.45) is 0 Å². The van der Waals surface area contributed by atoms with Gasteiger partial charge in [-0.2, -0.15) is 0 Å². The predicted octanol–water partition coefficient (Wildman–Crippen LogP) is 4.01. The van der Waals surface area contributed by atoms with Gasteiger partial charge in [-0.3, -0.25) is 4.98 Å². The van der Waals surface area contributed by atoms with Crippen LogP contribution in [0.3, 0.4) is 0 Å². The minimum atomic E-state index is -0.414. The fourth-order valence-corrected chi connectivity index (χ4v) is 3.66. The molecule has 1 N–H and O–H groups in total. The van der Waals surface area contributed by atoms with Crippen LogP contribution in [0.25, 0.3) is 0 Å². The second-order valence-electron chi connectivity index (χ2n) is 6.90. The number of nitrogens with one attached hydrogen (secondary N) is 1. The predicted molar refractivity (Wildman–Crippen MR) is 108 cm³/mol. The number of nitrogens with zero attached hydrogens (tertiary/aromatic N) is 4. The highest BCUT2D eigenvalue weighted by atomic mass is 35.5.